The number of aliphatic hydroxyl groups is 1. The minimum Gasteiger partial charge on any atom is -0.396 e. The summed E-state index contributed by atoms with van der Waals surface area (Å²) in [6.45, 7) is 11.0. The van der Waals surface area contributed by atoms with Crippen LogP contribution in [0.2, 0.25) is 0 Å². The Hall–Kier alpha value is -0.570. The van der Waals surface area contributed by atoms with E-state index in [1.807, 2.05) is 6.92 Å². The third kappa shape index (κ3) is 3.49. The summed E-state index contributed by atoms with van der Waals surface area (Å²) < 4.78 is 0. The fraction of sp³-hybridized carbons (Fsp3) is 0.917. The number of carbonyl (C=O) groups is 1. The van der Waals surface area contributed by atoms with E-state index in [0.29, 0.717) is 24.8 Å². The number of amides is 1. The molecule has 3 heteroatoms. The molecule has 0 spiro atoms. The van der Waals surface area contributed by atoms with Crippen molar-refractivity contribution in [3.8, 4) is 0 Å². The van der Waals surface area contributed by atoms with Gasteiger partial charge in [0, 0.05) is 13.2 Å². The molecule has 0 atom stereocenters. The molecule has 0 bridgehead atoms. The summed E-state index contributed by atoms with van der Waals surface area (Å²) in [4.78, 5) is 12.0. The van der Waals surface area contributed by atoms with Gasteiger partial charge in [0.25, 0.3) is 0 Å². The van der Waals surface area contributed by atoms with E-state index in [1.165, 1.54) is 0 Å². The normalized spacial score (nSPS) is 12.3. The van der Waals surface area contributed by atoms with E-state index >= 15 is 0 Å². The predicted octanol–water partition coefficient (Wildman–Crippen LogP) is 1.80. The Morgan fingerprint density at radius 2 is 1.73 bits per heavy atom. The van der Waals surface area contributed by atoms with Gasteiger partial charge in [-0.3, -0.25) is 4.79 Å². The van der Waals surface area contributed by atoms with Crippen LogP contribution in [0.15, 0.2) is 0 Å². The van der Waals surface area contributed by atoms with E-state index in [2.05, 4.69) is 33.0 Å². The largest absolute Gasteiger partial charge is 0.396 e. The van der Waals surface area contributed by atoms with E-state index in [1.54, 1.807) is 0 Å². The van der Waals surface area contributed by atoms with E-state index in [-0.39, 0.29) is 17.9 Å². The molecule has 0 radical (unpaired) electrons. The highest BCUT2D eigenvalue weighted by Crippen LogP contribution is 2.35. The van der Waals surface area contributed by atoms with Crippen LogP contribution in [0.5, 0.6) is 0 Å². The van der Waals surface area contributed by atoms with Crippen molar-refractivity contribution < 1.29 is 9.90 Å². The smallest absolute Gasteiger partial charge is 0.226 e. The lowest BCUT2D eigenvalue weighted by atomic mass is 9.70. The van der Waals surface area contributed by atoms with Gasteiger partial charge in [-0.1, -0.05) is 34.6 Å². The second kappa shape index (κ2) is 6.11. The molecule has 0 heterocycles. The van der Waals surface area contributed by atoms with Crippen molar-refractivity contribution in [3.05, 3.63) is 0 Å². The van der Waals surface area contributed by atoms with Crippen LogP contribution in [0.4, 0.5) is 0 Å². The zero-order valence-corrected chi connectivity index (χ0v) is 10.6. The second-order valence-corrected chi connectivity index (χ2v) is 4.93. The van der Waals surface area contributed by atoms with Crippen molar-refractivity contribution in [2.45, 2.75) is 41.0 Å². The highest BCUT2D eigenvalue weighted by atomic mass is 16.3. The van der Waals surface area contributed by atoms with Crippen LogP contribution in [-0.4, -0.2) is 24.2 Å². The van der Waals surface area contributed by atoms with Gasteiger partial charge < -0.3 is 10.4 Å². The number of hydrogen-bond donors (Lipinski definition) is 2. The maximum Gasteiger partial charge on any atom is 0.226 e. The Balaban J connectivity index is 4.44. The Morgan fingerprint density at radius 1 is 1.27 bits per heavy atom. The number of hydrogen-bond acceptors (Lipinski definition) is 2. The van der Waals surface area contributed by atoms with E-state index in [9.17, 15) is 4.79 Å². The third-order valence-corrected chi connectivity index (χ3v) is 3.51. The summed E-state index contributed by atoms with van der Waals surface area (Å²) in [5, 5.41) is 11.5. The average molecular weight is 215 g/mol. The van der Waals surface area contributed by atoms with Gasteiger partial charge in [-0.15, -0.1) is 0 Å². The molecule has 0 aromatic carbocycles. The molecule has 0 saturated carbocycles. The van der Waals surface area contributed by atoms with Crippen LogP contribution >= 0.6 is 0 Å². The monoisotopic (exact) mass is 215 g/mol. The van der Waals surface area contributed by atoms with Crippen LogP contribution < -0.4 is 5.32 Å². The lowest BCUT2D eigenvalue weighted by Crippen LogP contribution is -2.46. The predicted molar refractivity (Wildman–Crippen MR) is 62.5 cm³/mol. The standard InChI is InChI=1S/C12H25NO2/c1-9(2)12(5,10(3)4)11(15)13-7-6-8-14/h9-10,14H,6-8H2,1-5H3,(H,13,15). The van der Waals surface area contributed by atoms with Crippen molar-refractivity contribution in [2.75, 3.05) is 13.2 Å². The molecule has 0 saturated heterocycles. The number of aliphatic hydroxyl groups excluding tert-OH is 1. The highest BCUT2D eigenvalue weighted by molar-refractivity contribution is 5.82. The number of nitrogens with one attached hydrogen (secondary N) is 1. The zero-order valence-electron chi connectivity index (χ0n) is 10.6. The van der Waals surface area contributed by atoms with Gasteiger partial charge in [-0.2, -0.15) is 0 Å². The fourth-order valence-electron chi connectivity index (χ4n) is 1.66. The molecule has 0 unspecified atom stereocenters. The number of rotatable bonds is 6. The first-order valence-electron chi connectivity index (χ1n) is 5.76. The second-order valence-electron chi connectivity index (χ2n) is 4.93. The van der Waals surface area contributed by atoms with Gasteiger partial charge in [0.15, 0.2) is 0 Å². The SMILES string of the molecule is CC(C)C(C)(C(=O)NCCCO)C(C)C. The van der Waals surface area contributed by atoms with Crippen LogP contribution in [0.1, 0.15) is 41.0 Å². The third-order valence-electron chi connectivity index (χ3n) is 3.51. The summed E-state index contributed by atoms with van der Waals surface area (Å²) in [6, 6.07) is 0. The molecule has 1 amide bonds. The zero-order chi connectivity index (χ0) is 12.1. The fourth-order valence-corrected chi connectivity index (χ4v) is 1.66. The van der Waals surface area contributed by atoms with Crippen LogP contribution in [-0.2, 0) is 4.79 Å². The molecule has 0 aromatic heterocycles. The summed E-state index contributed by atoms with van der Waals surface area (Å²) in [7, 11) is 0. The molecule has 3 nitrogen and oxygen atoms in total. The van der Waals surface area contributed by atoms with Crippen molar-refractivity contribution in [1.82, 2.24) is 5.32 Å². The van der Waals surface area contributed by atoms with Gasteiger partial charge in [0.05, 0.1) is 5.41 Å². The highest BCUT2D eigenvalue weighted by Gasteiger charge is 2.39. The molecule has 0 aliphatic carbocycles. The minimum absolute atomic E-state index is 0.0981. The molecule has 0 fully saturated rings. The molecule has 2 N–H and O–H groups in total. The lowest BCUT2D eigenvalue weighted by molar-refractivity contribution is -0.135. The topological polar surface area (TPSA) is 49.3 Å². The number of carbonyl (C=O) groups excluding carboxylic acids is 1. The van der Waals surface area contributed by atoms with Gasteiger partial charge in [0.1, 0.15) is 0 Å². The summed E-state index contributed by atoms with van der Waals surface area (Å²) in [5.41, 5.74) is -0.324. The van der Waals surface area contributed by atoms with Crippen molar-refractivity contribution in [1.29, 1.82) is 0 Å². The molecule has 0 aliphatic heterocycles. The van der Waals surface area contributed by atoms with Crippen LogP contribution in [0.25, 0.3) is 0 Å². The minimum atomic E-state index is -0.324. The Kier molecular flexibility index (Phi) is 5.88. The molecule has 90 valence electrons. The molecule has 15 heavy (non-hydrogen) atoms. The van der Waals surface area contributed by atoms with Gasteiger partial charge in [-0.25, -0.2) is 0 Å². The van der Waals surface area contributed by atoms with Gasteiger partial charge >= 0.3 is 0 Å². The van der Waals surface area contributed by atoms with Crippen LogP contribution in [0.3, 0.4) is 0 Å². The molecule has 0 rings (SSSR count). The Morgan fingerprint density at radius 3 is 2.07 bits per heavy atom. The van der Waals surface area contributed by atoms with Crippen LogP contribution in [0, 0.1) is 17.3 Å². The van der Waals surface area contributed by atoms with E-state index < -0.39 is 0 Å². The lowest BCUT2D eigenvalue weighted by Gasteiger charge is -2.36. The first kappa shape index (κ1) is 14.4. The van der Waals surface area contributed by atoms with Crippen molar-refractivity contribution in [2.24, 2.45) is 17.3 Å². The quantitative estimate of drug-likeness (QED) is 0.664. The first-order valence-corrected chi connectivity index (χ1v) is 5.76. The maximum absolute atomic E-state index is 12.0. The van der Waals surface area contributed by atoms with Gasteiger partial charge in [-0.05, 0) is 18.3 Å². The van der Waals surface area contributed by atoms with Crippen molar-refractivity contribution >= 4 is 5.91 Å². The van der Waals surface area contributed by atoms with E-state index in [0.717, 1.165) is 0 Å². The summed E-state index contributed by atoms with van der Waals surface area (Å²) >= 11 is 0. The summed E-state index contributed by atoms with van der Waals surface area (Å²) in [5.74, 6) is 0.721. The molecule has 0 aromatic rings. The maximum atomic E-state index is 12.0. The summed E-state index contributed by atoms with van der Waals surface area (Å²) in [6.07, 6.45) is 0.623. The average Bonchev–Trinajstić information content (AvgIpc) is 2.15. The van der Waals surface area contributed by atoms with E-state index in [4.69, 9.17) is 5.11 Å². The van der Waals surface area contributed by atoms with Gasteiger partial charge in [0.2, 0.25) is 5.91 Å². The first-order chi connectivity index (χ1) is 6.87. The Bertz CT molecular complexity index is 192. The van der Waals surface area contributed by atoms with Crippen molar-refractivity contribution in [3.63, 3.8) is 0 Å². The molecular formula is C12H25NO2. The Labute approximate surface area is 93.3 Å². The molecular weight excluding hydrogens is 190 g/mol. The molecule has 0 aliphatic rings.